The van der Waals surface area contributed by atoms with Gasteiger partial charge in [-0.05, 0) is 47.4 Å². The second-order valence-electron chi connectivity index (χ2n) is 7.56. The summed E-state index contributed by atoms with van der Waals surface area (Å²) in [5, 5.41) is 11.3. The number of fused-ring (bicyclic) bond motifs is 1. The fraction of sp³-hybridized carbons (Fsp3) is 0.111. The summed E-state index contributed by atoms with van der Waals surface area (Å²) in [6, 6.07) is 24.6. The van der Waals surface area contributed by atoms with E-state index in [-0.39, 0.29) is 5.92 Å². The molecular weight excluding hydrogens is 441 g/mol. The highest BCUT2D eigenvalue weighted by Crippen LogP contribution is 2.33. The third-order valence-electron chi connectivity index (χ3n) is 5.57. The van der Waals surface area contributed by atoms with E-state index >= 15 is 0 Å². The molecule has 1 aromatic heterocycles. The molecule has 0 aliphatic rings. The van der Waals surface area contributed by atoms with Gasteiger partial charge in [-0.1, -0.05) is 72.8 Å². The highest BCUT2D eigenvalue weighted by atomic mass is 35.5. The van der Waals surface area contributed by atoms with Gasteiger partial charge in [-0.3, -0.25) is 0 Å². The number of nitrogens with zero attached hydrogens (tertiary/aromatic N) is 1. The Morgan fingerprint density at radius 1 is 1.00 bits per heavy atom. The molecule has 0 spiro atoms. The van der Waals surface area contributed by atoms with Crippen molar-refractivity contribution in [3.05, 3.63) is 118 Å². The molecule has 1 N–H and O–H groups in total. The molecule has 1 heterocycles. The maximum Gasteiger partial charge on any atom is 0.335 e. The fourth-order valence-corrected chi connectivity index (χ4v) is 4.34. The molecule has 0 aliphatic carbocycles. The Hall–Kier alpha value is -3.14. The number of rotatable bonds is 7. The molecule has 0 bridgehead atoms. The van der Waals surface area contributed by atoms with Crippen LogP contribution in [-0.4, -0.2) is 21.9 Å². The summed E-state index contributed by atoms with van der Waals surface area (Å²) in [5.41, 5.74) is 5.30. The van der Waals surface area contributed by atoms with Crippen LogP contribution >= 0.6 is 23.2 Å². The average molecular weight is 462 g/mol. The van der Waals surface area contributed by atoms with Crippen LogP contribution in [0.3, 0.4) is 0 Å². The molecule has 0 aliphatic heterocycles. The second kappa shape index (κ2) is 9.56. The smallest absolute Gasteiger partial charge is 0.335 e. The van der Waals surface area contributed by atoms with Crippen molar-refractivity contribution in [3.63, 3.8) is 0 Å². The Bertz CT molecular complexity index is 1320. The van der Waals surface area contributed by atoms with Crippen molar-refractivity contribution < 1.29 is 9.90 Å². The quantitative estimate of drug-likeness (QED) is 0.291. The van der Waals surface area contributed by atoms with Gasteiger partial charge in [-0.15, -0.1) is 11.6 Å². The Morgan fingerprint density at radius 2 is 1.78 bits per heavy atom. The van der Waals surface area contributed by atoms with Crippen LogP contribution in [0.1, 0.15) is 45.1 Å². The highest BCUT2D eigenvalue weighted by molar-refractivity contribution is 6.31. The van der Waals surface area contributed by atoms with Gasteiger partial charge >= 0.3 is 5.97 Å². The number of benzene rings is 3. The van der Waals surface area contributed by atoms with Crippen LogP contribution in [0.2, 0.25) is 5.02 Å². The van der Waals surface area contributed by atoms with Gasteiger partial charge in [-0.25, -0.2) is 9.78 Å². The van der Waals surface area contributed by atoms with Crippen molar-refractivity contribution in [1.82, 2.24) is 4.98 Å². The molecule has 0 fully saturated rings. The second-order valence-corrected chi connectivity index (χ2v) is 8.37. The molecule has 32 heavy (non-hydrogen) atoms. The first-order valence-electron chi connectivity index (χ1n) is 10.2. The summed E-state index contributed by atoms with van der Waals surface area (Å²) in [5.74, 6) is -0.674. The average Bonchev–Trinajstić information content (AvgIpc) is 2.81. The van der Waals surface area contributed by atoms with Crippen LogP contribution in [0.25, 0.3) is 16.5 Å². The summed E-state index contributed by atoms with van der Waals surface area (Å²) in [4.78, 5) is 16.5. The molecule has 160 valence electrons. The minimum atomic E-state index is -0.945. The molecular formula is C27H21Cl2NO2. The lowest BCUT2D eigenvalue weighted by molar-refractivity contribution is 0.0695. The fourth-order valence-electron chi connectivity index (χ4n) is 3.96. The van der Waals surface area contributed by atoms with Gasteiger partial charge in [0.2, 0.25) is 0 Å². The van der Waals surface area contributed by atoms with E-state index in [0.717, 1.165) is 38.9 Å². The van der Waals surface area contributed by atoms with E-state index < -0.39 is 5.97 Å². The number of halogens is 2. The van der Waals surface area contributed by atoms with E-state index in [1.54, 1.807) is 12.1 Å². The Labute approximate surface area is 197 Å². The molecule has 1 atom stereocenters. The first-order valence-corrected chi connectivity index (χ1v) is 11.1. The Morgan fingerprint density at radius 3 is 2.56 bits per heavy atom. The van der Waals surface area contributed by atoms with Crippen molar-refractivity contribution >= 4 is 45.6 Å². The zero-order chi connectivity index (χ0) is 22.7. The first-order chi connectivity index (χ1) is 15.5. The maximum atomic E-state index is 11.8. The minimum Gasteiger partial charge on any atom is -0.478 e. The van der Waals surface area contributed by atoms with E-state index in [9.17, 15) is 9.90 Å². The van der Waals surface area contributed by atoms with Crippen LogP contribution in [0.4, 0.5) is 0 Å². The maximum absolute atomic E-state index is 11.8. The SMILES string of the molecule is C=C(c1cccc(C(CCCl)c2ccccc2C(=O)O)c1)c1ccc2ccc(Cl)cc2n1. The molecule has 0 saturated carbocycles. The van der Waals surface area contributed by atoms with Gasteiger partial charge in [0, 0.05) is 27.8 Å². The van der Waals surface area contributed by atoms with E-state index in [0.29, 0.717) is 22.9 Å². The lowest BCUT2D eigenvalue weighted by Crippen LogP contribution is -2.09. The van der Waals surface area contributed by atoms with Gasteiger partial charge in [0.05, 0.1) is 16.8 Å². The minimum absolute atomic E-state index is 0.143. The first kappa shape index (κ1) is 22.1. The van der Waals surface area contributed by atoms with Gasteiger partial charge in [0.25, 0.3) is 0 Å². The van der Waals surface area contributed by atoms with Gasteiger partial charge in [0.15, 0.2) is 0 Å². The summed E-state index contributed by atoms with van der Waals surface area (Å²) < 4.78 is 0. The summed E-state index contributed by atoms with van der Waals surface area (Å²) in [6.07, 6.45) is 0.620. The number of carbonyl (C=O) groups is 1. The van der Waals surface area contributed by atoms with Crippen molar-refractivity contribution in [2.75, 3.05) is 5.88 Å². The third-order valence-corrected chi connectivity index (χ3v) is 6.02. The topological polar surface area (TPSA) is 50.2 Å². The summed E-state index contributed by atoms with van der Waals surface area (Å²) in [6.45, 7) is 4.27. The van der Waals surface area contributed by atoms with Crippen LogP contribution in [0.15, 0.2) is 85.4 Å². The third kappa shape index (κ3) is 4.55. The molecule has 3 nitrogen and oxygen atoms in total. The standard InChI is InChI=1S/C27H21Cl2NO2/c1-17(25-12-10-18-9-11-21(29)16-26(18)30-25)19-5-4-6-20(15-19)22(13-14-28)23-7-2-3-8-24(23)27(31)32/h2-12,15-16,22H,1,13-14H2,(H,31,32). The van der Waals surface area contributed by atoms with Crippen LogP contribution in [-0.2, 0) is 0 Å². The summed E-state index contributed by atoms with van der Waals surface area (Å²) >= 11 is 12.2. The number of hydrogen-bond donors (Lipinski definition) is 1. The molecule has 5 heteroatoms. The normalized spacial score (nSPS) is 11.9. The molecule has 0 radical (unpaired) electrons. The zero-order valence-electron chi connectivity index (χ0n) is 17.3. The van der Waals surface area contributed by atoms with Crippen LogP contribution in [0.5, 0.6) is 0 Å². The van der Waals surface area contributed by atoms with Crippen molar-refractivity contribution in [2.45, 2.75) is 12.3 Å². The van der Waals surface area contributed by atoms with Crippen molar-refractivity contribution in [1.29, 1.82) is 0 Å². The molecule has 3 aromatic carbocycles. The van der Waals surface area contributed by atoms with Crippen molar-refractivity contribution in [2.24, 2.45) is 0 Å². The predicted octanol–water partition coefficient (Wildman–Crippen LogP) is 7.41. The number of aromatic carboxylic acids is 1. The number of carboxylic acid groups (broad SMARTS) is 1. The van der Waals surface area contributed by atoms with E-state index in [2.05, 4.69) is 6.58 Å². The van der Waals surface area contributed by atoms with E-state index in [4.69, 9.17) is 28.2 Å². The molecule has 0 saturated heterocycles. The molecule has 0 amide bonds. The molecule has 1 unspecified atom stereocenters. The van der Waals surface area contributed by atoms with Crippen molar-refractivity contribution in [3.8, 4) is 0 Å². The molecule has 4 rings (SSSR count). The monoisotopic (exact) mass is 461 g/mol. The molecule has 4 aromatic rings. The lowest BCUT2D eigenvalue weighted by Gasteiger charge is -2.20. The largest absolute Gasteiger partial charge is 0.478 e. The lowest BCUT2D eigenvalue weighted by atomic mass is 9.85. The number of hydrogen-bond acceptors (Lipinski definition) is 2. The van der Waals surface area contributed by atoms with E-state index in [1.165, 1.54) is 0 Å². The Kier molecular flexibility index (Phi) is 6.59. The Balaban J connectivity index is 1.74. The van der Waals surface area contributed by atoms with Crippen LogP contribution in [0, 0.1) is 0 Å². The van der Waals surface area contributed by atoms with Gasteiger partial charge < -0.3 is 5.11 Å². The number of pyridine rings is 1. The highest BCUT2D eigenvalue weighted by Gasteiger charge is 2.21. The van der Waals surface area contributed by atoms with E-state index in [1.807, 2.05) is 66.7 Å². The summed E-state index contributed by atoms with van der Waals surface area (Å²) in [7, 11) is 0. The predicted molar refractivity (Wildman–Crippen MR) is 132 cm³/mol. The zero-order valence-corrected chi connectivity index (χ0v) is 18.8. The van der Waals surface area contributed by atoms with Gasteiger partial charge in [0.1, 0.15) is 0 Å². The number of alkyl halides is 1. The van der Waals surface area contributed by atoms with Crippen LogP contribution < -0.4 is 0 Å². The van der Waals surface area contributed by atoms with Gasteiger partial charge in [-0.2, -0.15) is 0 Å². The number of aromatic nitrogens is 1. The number of carboxylic acids is 1.